The number of anilines is 2. The number of hydrogen-bond acceptors (Lipinski definition) is 14. The number of likely N-dealkylation sites (N-methyl/N-ethyl adjacent to an activating group) is 3. The van der Waals surface area contributed by atoms with Crippen LogP contribution in [-0.2, 0) is 35.3 Å². The van der Waals surface area contributed by atoms with Gasteiger partial charge in [-0.3, -0.25) is 28.8 Å². The fraction of sp³-hybridized carbons (Fsp3) is 0.411. The normalized spacial score (nSPS) is 13.4. The van der Waals surface area contributed by atoms with Crippen molar-refractivity contribution in [3.63, 3.8) is 0 Å². The molecule has 6 rings (SSSR count). The molecule has 0 unspecified atom stereocenters. The minimum absolute atomic E-state index is 0.0629. The molecule has 5 aromatic rings. The molecule has 1 aliphatic rings. The Labute approximate surface area is 479 Å². The smallest absolute Gasteiger partial charge is 0.415 e. The van der Waals surface area contributed by atoms with Crippen LogP contribution in [-0.4, -0.2) is 178 Å². The van der Waals surface area contributed by atoms with Crippen molar-refractivity contribution in [2.24, 2.45) is 17.4 Å². The van der Waals surface area contributed by atoms with Crippen LogP contribution in [0.1, 0.15) is 54.2 Å². The summed E-state index contributed by atoms with van der Waals surface area (Å²) in [7, 11) is 7.00. The quantitative estimate of drug-likeness (QED) is 0.0270. The van der Waals surface area contributed by atoms with E-state index in [-0.39, 0.29) is 69.1 Å². The summed E-state index contributed by atoms with van der Waals surface area (Å²) in [6.07, 6.45) is -1.08. The number of primary amides is 1. The molecule has 2 heterocycles. The number of fused-ring (bicyclic) bond motifs is 4. The maximum atomic E-state index is 14.3. The Bertz CT molecular complexity index is 3120. The molecule has 26 heteroatoms. The first-order chi connectivity index (χ1) is 39.1. The minimum atomic E-state index is -1.14. The van der Waals surface area contributed by atoms with Crippen LogP contribution in [0, 0.1) is 5.92 Å². The summed E-state index contributed by atoms with van der Waals surface area (Å²) in [4.78, 5) is 125. The molecule has 0 spiro atoms. The maximum absolute atomic E-state index is 14.3. The van der Waals surface area contributed by atoms with Crippen molar-refractivity contribution in [2.45, 2.75) is 51.3 Å². The molecular formula is C56H72ClN13O12. The standard InChI is InChI=1S/C56H72ClN13O12/c1-33(2)50(66-48(73)30-62-47(72)29-61-46(71)28-58)52(75)65-42(12-9-19-60-54(59)77)51(74)63-37-15-13-34(14-16-37)32-81-55(78)68(5)20-21-69(6)56(79)82-45-26-44-49(40-11-8-7-10-39(40)45)36(27-57)31-70(44)53(76)43-25-35-24-38(17-18-41(35)64-43)80-23-22-67(3)4/h7-8,10-11,13-18,24-26,33,36,42,50,64H,9,12,19-23,27-32,58H2,1-6H3,(H,61,71)(H,62,72)(H,63,74)(H,65,75)(H,66,73)(H3,59,60,77)/t36-,42+,50+/m1/s1. The van der Waals surface area contributed by atoms with Crippen molar-refractivity contribution in [2.75, 3.05) is 103 Å². The van der Waals surface area contributed by atoms with Gasteiger partial charge in [-0.25, -0.2) is 14.4 Å². The van der Waals surface area contributed by atoms with Gasteiger partial charge in [0.2, 0.25) is 29.5 Å². The van der Waals surface area contributed by atoms with Crippen LogP contribution in [0.25, 0.3) is 21.7 Å². The second-order valence-corrected chi connectivity index (χ2v) is 20.5. The number of rotatable bonds is 27. The molecule has 4 aromatic carbocycles. The molecule has 0 radical (unpaired) electrons. The van der Waals surface area contributed by atoms with Gasteiger partial charge in [0.05, 0.1) is 25.3 Å². The number of H-pyrrole nitrogens is 1. The average molecular weight is 1150 g/mol. The molecule has 0 fully saturated rings. The lowest BCUT2D eigenvalue weighted by atomic mass is 9.95. The average Bonchev–Trinajstić information content (AvgIpc) is 3.45. The zero-order valence-electron chi connectivity index (χ0n) is 46.7. The summed E-state index contributed by atoms with van der Waals surface area (Å²) in [5.41, 5.74) is 13.9. The van der Waals surface area contributed by atoms with Crippen LogP contribution in [0.3, 0.4) is 0 Å². The molecule has 0 aliphatic carbocycles. The molecule has 1 aliphatic heterocycles. The van der Waals surface area contributed by atoms with Gasteiger partial charge in [-0.05, 0) is 85.8 Å². The number of ether oxygens (including phenoxy) is 3. The molecule has 11 N–H and O–H groups in total. The van der Waals surface area contributed by atoms with Gasteiger partial charge >= 0.3 is 18.2 Å². The molecule has 3 atom stereocenters. The Morgan fingerprint density at radius 2 is 1.46 bits per heavy atom. The number of aromatic amines is 1. The number of carbonyl (C=O) groups excluding carboxylic acids is 9. The fourth-order valence-corrected chi connectivity index (χ4v) is 9.00. The molecule has 1 aromatic heterocycles. The summed E-state index contributed by atoms with van der Waals surface area (Å²) in [5.74, 6) is -2.96. The van der Waals surface area contributed by atoms with Gasteiger partial charge in [-0.1, -0.05) is 50.2 Å². The molecule has 10 amide bonds. The van der Waals surface area contributed by atoms with E-state index in [9.17, 15) is 43.2 Å². The molecule has 82 heavy (non-hydrogen) atoms. The van der Waals surface area contributed by atoms with E-state index in [2.05, 4.69) is 36.9 Å². The van der Waals surface area contributed by atoms with E-state index in [1.807, 2.05) is 61.5 Å². The summed E-state index contributed by atoms with van der Waals surface area (Å²) < 4.78 is 17.5. The van der Waals surface area contributed by atoms with Gasteiger partial charge in [0.1, 0.15) is 42.5 Å². The Morgan fingerprint density at radius 1 is 0.780 bits per heavy atom. The highest BCUT2D eigenvalue weighted by Gasteiger charge is 2.36. The van der Waals surface area contributed by atoms with E-state index in [0.29, 0.717) is 46.9 Å². The minimum Gasteiger partial charge on any atom is -0.492 e. The number of nitrogens with one attached hydrogen (secondary N) is 7. The molecule has 0 saturated carbocycles. The SMILES string of the molecule is CC(C)[C@H](NC(=O)CNC(=O)CNC(=O)CN)C(=O)N[C@@H](CCCNC(N)=O)C(=O)Nc1ccc(COC(=O)N(C)CCN(C)C(=O)Oc2cc3c(c4ccccc24)[C@H](CCl)CN3C(=O)c2cc3cc(OCCN(C)C)ccc3[nH]2)cc1. The largest absolute Gasteiger partial charge is 0.492 e. The predicted octanol–water partition coefficient (Wildman–Crippen LogP) is 3.15. The number of hydrogen-bond donors (Lipinski definition) is 9. The van der Waals surface area contributed by atoms with E-state index in [0.717, 1.165) is 28.4 Å². The lowest BCUT2D eigenvalue weighted by Crippen LogP contribution is -2.56. The molecule has 0 bridgehead atoms. The summed E-state index contributed by atoms with van der Waals surface area (Å²) in [6, 6.07) is 20.0. The Kier molecular flexibility index (Phi) is 22.6. The van der Waals surface area contributed by atoms with Crippen LogP contribution in [0.5, 0.6) is 11.5 Å². The molecule has 25 nitrogen and oxygen atoms in total. The van der Waals surface area contributed by atoms with E-state index >= 15 is 0 Å². The highest BCUT2D eigenvalue weighted by molar-refractivity contribution is 6.19. The second kappa shape index (κ2) is 29.7. The van der Waals surface area contributed by atoms with E-state index in [4.69, 9.17) is 37.3 Å². The lowest BCUT2D eigenvalue weighted by Gasteiger charge is -2.25. The second-order valence-electron chi connectivity index (χ2n) is 20.2. The van der Waals surface area contributed by atoms with Crippen molar-refractivity contribution in [3.8, 4) is 11.5 Å². The van der Waals surface area contributed by atoms with Gasteiger partial charge in [-0.15, -0.1) is 11.6 Å². The summed E-state index contributed by atoms with van der Waals surface area (Å²) >= 11 is 6.55. The molecule has 440 valence electrons. The number of carbonyl (C=O) groups is 9. The van der Waals surface area contributed by atoms with Gasteiger partial charge in [-0.2, -0.15) is 0 Å². The number of nitrogens with two attached hydrogens (primary N) is 2. The van der Waals surface area contributed by atoms with Gasteiger partial charge < -0.3 is 82.2 Å². The van der Waals surface area contributed by atoms with E-state index in [1.54, 1.807) is 55.1 Å². The number of urea groups is 1. The highest BCUT2D eigenvalue weighted by Crippen LogP contribution is 2.46. The maximum Gasteiger partial charge on any atom is 0.415 e. The first-order valence-corrected chi connectivity index (χ1v) is 27.1. The van der Waals surface area contributed by atoms with Crippen molar-refractivity contribution in [3.05, 3.63) is 95.7 Å². The molecule has 0 saturated heterocycles. The summed E-state index contributed by atoms with van der Waals surface area (Å²) in [6.45, 7) is 3.82. The Morgan fingerprint density at radius 3 is 2.13 bits per heavy atom. The van der Waals surface area contributed by atoms with Crippen LogP contribution in [0.2, 0.25) is 0 Å². The zero-order valence-corrected chi connectivity index (χ0v) is 47.5. The number of halogens is 1. The third-order valence-corrected chi connectivity index (χ3v) is 13.7. The Balaban J connectivity index is 1.01. The Hall–Kier alpha value is -8.68. The van der Waals surface area contributed by atoms with Crippen LogP contribution in [0.4, 0.5) is 25.8 Å². The number of amides is 10. The van der Waals surface area contributed by atoms with E-state index in [1.165, 1.54) is 23.9 Å². The number of nitrogens with zero attached hydrogens (tertiary/aromatic N) is 4. The number of alkyl halides is 1. The number of benzene rings is 4. The van der Waals surface area contributed by atoms with Crippen LogP contribution < -0.4 is 57.7 Å². The van der Waals surface area contributed by atoms with Gasteiger partial charge in [0.25, 0.3) is 5.91 Å². The third-order valence-electron chi connectivity index (χ3n) is 13.3. The first kappa shape index (κ1) is 62.5. The topological polar surface area (TPSA) is 334 Å². The van der Waals surface area contributed by atoms with Crippen molar-refractivity contribution < 1.29 is 57.4 Å². The van der Waals surface area contributed by atoms with E-state index < -0.39 is 78.8 Å². The highest BCUT2D eigenvalue weighted by atomic mass is 35.5. The lowest BCUT2D eigenvalue weighted by molar-refractivity contribution is -0.132. The molecular weight excluding hydrogens is 1080 g/mol. The summed E-state index contributed by atoms with van der Waals surface area (Å²) in [5, 5.41) is 17.3. The van der Waals surface area contributed by atoms with Gasteiger partial charge in [0, 0.05) is 86.7 Å². The van der Waals surface area contributed by atoms with Crippen molar-refractivity contribution in [1.29, 1.82) is 0 Å². The van der Waals surface area contributed by atoms with Crippen molar-refractivity contribution >= 4 is 98.3 Å². The van der Waals surface area contributed by atoms with Crippen LogP contribution in [0.15, 0.2) is 78.9 Å². The van der Waals surface area contributed by atoms with Gasteiger partial charge in [0.15, 0.2) is 0 Å². The predicted molar refractivity (Wildman–Crippen MR) is 309 cm³/mol. The van der Waals surface area contributed by atoms with Crippen molar-refractivity contribution in [1.82, 2.24) is 46.3 Å². The van der Waals surface area contributed by atoms with Crippen LogP contribution >= 0.6 is 11.6 Å². The fourth-order valence-electron chi connectivity index (χ4n) is 8.75. The first-order valence-electron chi connectivity index (χ1n) is 26.6. The number of aromatic nitrogens is 1. The monoisotopic (exact) mass is 1150 g/mol. The zero-order chi connectivity index (χ0) is 59.6. The third kappa shape index (κ3) is 17.4.